The first-order chi connectivity index (χ1) is 13.0. The van der Waals surface area contributed by atoms with Crippen LogP contribution in [0.4, 0.5) is 14.5 Å². The van der Waals surface area contributed by atoms with Crippen molar-refractivity contribution in [3.05, 3.63) is 39.7 Å². The van der Waals surface area contributed by atoms with Gasteiger partial charge in [0, 0.05) is 18.7 Å². The number of ether oxygens (including phenoxy) is 3. The molecule has 2 aromatic rings. The van der Waals surface area contributed by atoms with Crippen molar-refractivity contribution in [3.63, 3.8) is 0 Å². The van der Waals surface area contributed by atoms with Crippen LogP contribution in [0.25, 0.3) is 11.3 Å². The van der Waals surface area contributed by atoms with Gasteiger partial charge in [-0.2, -0.15) is 5.10 Å². The van der Waals surface area contributed by atoms with Gasteiger partial charge in [-0.3, -0.25) is 9.89 Å². The van der Waals surface area contributed by atoms with E-state index >= 15 is 0 Å². The molecule has 0 aliphatic carbocycles. The smallest absolute Gasteiger partial charge is 0.362 e. The van der Waals surface area contributed by atoms with Crippen molar-refractivity contribution in [2.45, 2.75) is 0 Å². The first-order valence-corrected chi connectivity index (χ1v) is 8.05. The van der Waals surface area contributed by atoms with E-state index in [-0.39, 0.29) is 22.7 Å². The molecule has 1 saturated heterocycles. The van der Waals surface area contributed by atoms with Crippen molar-refractivity contribution >= 4 is 11.7 Å². The molecule has 0 atom stereocenters. The van der Waals surface area contributed by atoms with Crippen LogP contribution in [0.5, 0.6) is 5.75 Å². The van der Waals surface area contributed by atoms with Crippen molar-refractivity contribution in [1.82, 2.24) is 10.2 Å². The van der Waals surface area contributed by atoms with Gasteiger partial charge in [0.15, 0.2) is 17.4 Å². The summed E-state index contributed by atoms with van der Waals surface area (Å²) in [7, 11) is 2.26. The molecule has 1 aromatic carbocycles. The number of hydrogen-bond donors (Lipinski definition) is 1. The number of aromatic amines is 1. The third-order valence-corrected chi connectivity index (χ3v) is 4.19. The third kappa shape index (κ3) is 3.35. The van der Waals surface area contributed by atoms with Gasteiger partial charge in [-0.25, -0.2) is 13.6 Å². The molecule has 8 nitrogen and oxygen atoms in total. The van der Waals surface area contributed by atoms with Crippen LogP contribution in [0.15, 0.2) is 16.9 Å². The Hall–Kier alpha value is -3.01. The highest BCUT2D eigenvalue weighted by Gasteiger charge is 2.26. The van der Waals surface area contributed by atoms with Crippen LogP contribution in [0.1, 0.15) is 10.5 Å². The van der Waals surface area contributed by atoms with Crippen LogP contribution < -0.4 is 15.1 Å². The van der Waals surface area contributed by atoms with Crippen LogP contribution in [-0.2, 0) is 9.47 Å². The molecule has 1 aliphatic rings. The van der Waals surface area contributed by atoms with E-state index in [2.05, 4.69) is 14.9 Å². The summed E-state index contributed by atoms with van der Waals surface area (Å²) < 4.78 is 44.1. The normalized spacial score (nSPS) is 14.1. The second-order valence-corrected chi connectivity index (χ2v) is 5.66. The number of methoxy groups -OCH3 is 2. The number of anilines is 1. The highest BCUT2D eigenvalue weighted by molar-refractivity contribution is 5.88. The minimum Gasteiger partial charge on any atom is -0.491 e. The first-order valence-electron chi connectivity index (χ1n) is 8.05. The number of rotatable bonds is 4. The lowest BCUT2D eigenvalue weighted by molar-refractivity contribution is 0.0590. The summed E-state index contributed by atoms with van der Waals surface area (Å²) in [5, 5.41) is 5.99. The molecule has 1 aromatic heterocycles. The second-order valence-electron chi connectivity index (χ2n) is 5.66. The zero-order chi connectivity index (χ0) is 19.6. The monoisotopic (exact) mass is 381 g/mol. The molecule has 3 rings (SSSR count). The lowest BCUT2D eigenvalue weighted by Gasteiger charge is -2.29. The molecular weight excluding hydrogens is 364 g/mol. The Morgan fingerprint density at radius 3 is 2.56 bits per heavy atom. The Morgan fingerprint density at radius 2 is 1.93 bits per heavy atom. The number of esters is 1. The Kier molecular flexibility index (Phi) is 5.36. The standard InChI is InChI=1S/C17H17F2N3O5/c1-25-16-13(20-21-14(15(16)23)17(24)26-2)9-3-4-10(12(19)11(9)18)22-5-7-27-8-6-22/h3-4H,5-8H2,1-2H3,(H,20,23). The predicted molar refractivity (Wildman–Crippen MR) is 91.1 cm³/mol. The van der Waals surface area contributed by atoms with Crippen LogP contribution in [0.3, 0.4) is 0 Å². The predicted octanol–water partition coefficient (Wildman–Crippen LogP) is 1.35. The quantitative estimate of drug-likeness (QED) is 0.799. The maximum Gasteiger partial charge on any atom is 0.362 e. The molecule has 1 aliphatic heterocycles. The van der Waals surface area contributed by atoms with Crippen molar-refractivity contribution < 1.29 is 27.8 Å². The number of benzene rings is 1. The maximum atomic E-state index is 14.7. The van der Waals surface area contributed by atoms with Gasteiger partial charge in [0.1, 0.15) is 5.69 Å². The van der Waals surface area contributed by atoms with Crippen LogP contribution in [0.2, 0.25) is 0 Å². The molecule has 144 valence electrons. The number of nitrogens with one attached hydrogen (secondary N) is 1. The molecule has 0 saturated carbocycles. The molecule has 0 spiro atoms. The SMILES string of the molecule is COC(=O)c1n[nH]c(-c2ccc(N3CCOCC3)c(F)c2F)c(OC)c1=O. The minimum absolute atomic E-state index is 0.0972. The van der Waals surface area contributed by atoms with Crippen LogP contribution >= 0.6 is 0 Å². The lowest BCUT2D eigenvalue weighted by Crippen LogP contribution is -2.36. The van der Waals surface area contributed by atoms with Crippen molar-refractivity contribution in [3.8, 4) is 17.0 Å². The van der Waals surface area contributed by atoms with E-state index in [1.165, 1.54) is 19.2 Å². The molecule has 0 amide bonds. The average Bonchev–Trinajstić information content (AvgIpc) is 2.70. The number of hydrogen-bond acceptors (Lipinski definition) is 7. The highest BCUT2D eigenvalue weighted by Crippen LogP contribution is 2.32. The number of morpholine rings is 1. The largest absolute Gasteiger partial charge is 0.491 e. The fraction of sp³-hybridized carbons (Fsp3) is 0.353. The summed E-state index contributed by atoms with van der Waals surface area (Å²) in [6.07, 6.45) is 0. The lowest BCUT2D eigenvalue weighted by atomic mass is 10.1. The number of aromatic nitrogens is 2. The molecular formula is C17H17F2N3O5. The van der Waals surface area contributed by atoms with Gasteiger partial charge in [-0.1, -0.05) is 0 Å². The number of carbonyl (C=O) groups is 1. The van der Waals surface area contributed by atoms with Gasteiger partial charge in [0.05, 0.1) is 33.1 Å². The number of carbonyl (C=O) groups excluding carboxylic acids is 1. The van der Waals surface area contributed by atoms with Crippen molar-refractivity contribution in [2.24, 2.45) is 0 Å². The summed E-state index contributed by atoms with van der Waals surface area (Å²) >= 11 is 0. The number of halogens is 2. The molecule has 0 radical (unpaired) electrons. The van der Waals surface area contributed by atoms with Gasteiger partial charge in [-0.15, -0.1) is 0 Å². The van der Waals surface area contributed by atoms with Gasteiger partial charge in [-0.05, 0) is 12.1 Å². The van der Waals surface area contributed by atoms with Gasteiger partial charge < -0.3 is 19.1 Å². The Bertz CT molecular complexity index is 926. The van der Waals surface area contributed by atoms with Gasteiger partial charge in [0.2, 0.25) is 5.69 Å². The molecule has 10 heteroatoms. The van der Waals surface area contributed by atoms with Crippen LogP contribution in [0, 0.1) is 11.6 Å². The molecule has 1 N–H and O–H groups in total. The van der Waals surface area contributed by atoms with E-state index in [0.29, 0.717) is 26.3 Å². The highest BCUT2D eigenvalue weighted by atomic mass is 19.2. The third-order valence-electron chi connectivity index (χ3n) is 4.19. The van der Waals surface area contributed by atoms with E-state index < -0.39 is 28.7 Å². The summed E-state index contributed by atoms with van der Waals surface area (Å²) in [4.78, 5) is 25.6. The van der Waals surface area contributed by atoms with E-state index in [0.717, 1.165) is 7.11 Å². The Balaban J connectivity index is 2.09. The molecule has 0 unspecified atom stereocenters. The molecule has 0 bridgehead atoms. The second kappa shape index (κ2) is 7.70. The average molecular weight is 381 g/mol. The maximum absolute atomic E-state index is 14.7. The molecule has 1 fully saturated rings. The molecule has 27 heavy (non-hydrogen) atoms. The summed E-state index contributed by atoms with van der Waals surface area (Å²) in [5.74, 6) is -3.58. The topological polar surface area (TPSA) is 93.8 Å². The van der Waals surface area contributed by atoms with E-state index in [1.54, 1.807) is 4.90 Å². The Labute approximate surface area is 152 Å². The van der Waals surface area contributed by atoms with Gasteiger partial charge in [0.25, 0.3) is 5.43 Å². The Morgan fingerprint density at radius 1 is 1.22 bits per heavy atom. The molecule has 2 heterocycles. The summed E-state index contributed by atoms with van der Waals surface area (Å²) in [6, 6.07) is 2.72. The number of nitrogens with zero attached hydrogens (tertiary/aromatic N) is 2. The minimum atomic E-state index is -1.17. The van der Waals surface area contributed by atoms with Crippen LogP contribution in [-0.4, -0.2) is 56.7 Å². The summed E-state index contributed by atoms with van der Waals surface area (Å²) in [6.45, 7) is 1.71. The fourth-order valence-electron chi connectivity index (χ4n) is 2.83. The zero-order valence-corrected chi connectivity index (χ0v) is 14.7. The first kappa shape index (κ1) is 18.8. The number of H-pyrrole nitrogens is 1. The van der Waals surface area contributed by atoms with Gasteiger partial charge >= 0.3 is 5.97 Å². The van der Waals surface area contributed by atoms with E-state index in [1.807, 2.05) is 0 Å². The van der Waals surface area contributed by atoms with Crippen molar-refractivity contribution in [1.29, 1.82) is 0 Å². The summed E-state index contributed by atoms with van der Waals surface area (Å²) in [5.41, 5.74) is -1.78. The fourth-order valence-corrected chi connectivity index (χ4v) is 2.83. The van der Waals surface area contributed by atoms with E-state index in [9.17, 15) is 18.4 Å². The van der Waals surface area contributed by atoms with Crippen molar-refractivity contribution in [2.75, 3.05) is 45.4 Å². The zero-order valence-electron chi connectivity index (χ0n) is 14.7. The van der Waals surface area contributed by atoms with E-state index in [4.69, 9.17) is 9.47 Å².